The molecule has 0 amide bonds. The summed E-state index contributed by atoms with van der Waals surface area (Å²) >= 11 is 0. The first-order valence-corrected chi connectivity index (χ1v) is 19.4. The minimum absolute atomic E-state index is 0. The van der Waals surface area contributed by atoms with E-state index < -0.39 is 0 Å². The van der Waals surface area contributed by atoms with Crippen molar-refractivity contribution in [2.45, 2.75) is 193 Å². The molecular formula is C42H90N4Y-2. The molecule has 0 aromatic carbocycles. The summed E-state index contributed by atoms with van der Waals surface area (Å²) < 4.78 is 0. The monoisotopic (exact) mass is 740 g/mol. The molecule has 6 aliphatic heterocycles. The first kappa shape index (κ1) is 52.3. The molecule has 6 saturated heterocycles. The number of nitrogens with one attached hydrogen (secondary N) is 4. The number of rotatable bonds is 0. The fourth-order valence-corrected chi connectivity index (χ4v) is 4.74. The molecule has 2 aliphatic carbocycles. The van der Waals surface area contributed by atoms with Crippen LogP contribution in [0, 0.1) is 46.5 Å². The average molecular weight is 740 g/mol. The van der Waals surface area contributed by atoms with Gasteiger partial charge in [-0.2, -0.15) is 13.0 Å². The molecule has 2 atom stereocenters. The molecule has 5 heteroatoms. The van der Waals surface area contributed by atoms with Crippen molar-refractivity contribution in [2.75, 3.05) is 32.7 Å². The van der Waals surface area contributed by atoms with Crippen molar-refractivity contribution in [1.29, 1.82) is 0 Å². The van der Waals surface area contributed by atoms with Gasteiger partial charge in [-0.25, -0.2) is 6.42 Å². The molecule has 47 heavy (non-hydrogen) atoms. The fourth-order valence-electron chi connectivity index (χ4n) is 4.74. The Morgan fingerprint density at radius 3 is 0.957 bits per heavy atom. The van der Waals surface area contributed by atoms with Crippen molar-refractivity contribution < 1.29 is 32.7 Å². The summed E-state index contributed by atoms with van der Waals surface area (Å²) in [7, 11) is 0. The van der Waals surface area contributed by atoms with Crippen LogP contribution in [0.1, 0.15) is 181 Å². The maximum Gasteiger partial charge on any atom is 0.00844 e. The van der Waals surface area contributed by atoms with Crippen molar-refractivity contribution in [3.05, 3.63) is 13.0 Å². The zero-order valence-corrected chi connectivity index (χ0v) is 38.2. The Balaban J connectivity index is -0.000000472. The number of fused-ring (bicyclic) bond motifs is 4. The SMILES string of the molecule is C1CC2CC(C1)N2.C1CCNCC1.C1NCC2CC1C2.CC(C)(C)C.CC(C)(C)C.CC(C)(C)C.CC(C)(C)C.[CH-]1CC[CH-]NC1.[Y]. The summed E-state index contributed by atoms with van der Waals surface area (Å²) in [5, 5.41) is 13.3. The van der Waals surface area contributed by atoms with E-state index in [2.05, 4.69) is 145 Å². The summed E-state index contributed by atoms with van der Waals surface area (Å²) in [4.78, 5) is 0. The second-order valence-electron chi connectivity index (χ2n) is 20.9. The van der Waals surface area contributed by atoms with Gasteiger partial charge in [-0.1, -0.05) is 124 Å². The Kier molecular flexibility index (Phi) is 31.7. The Morgan fingerprint density at radius 1 is 0.489 bits per heavy atom. The maximum atomic E-state index is 3.48. The molecule has 2 unspecified atom stereocenters. The molecule has 4 nitrogen and oxygen atoms in total. The van der Waals surface area contributed by atoms with Gasteiger partial charge in [-0.15, -0.1) is 0 Å². The van der Waals surface area contributed by atoms with E-state index in [-0.39, 0.29) is 32.7 Å². The van der Waals surface area contributed by atoms with Gasteiger partial charge in [-0.3, -0.25) is 6.54 Å². The van der Waals surface area contributed by atoms with Gasteiger partial charge < -0.3 is 27.7 Å². The predicted octanol–water partition coefficient (Wildman–Crippen LogP) is 11.2. The maximum absolute atomic E-state index is 3.48. The van der Waals surface area contributed by atoms with Gasteiger partial charge in [0.2, 0.25) is 0 Å². The topological polar surface area (TPSA) is 48.1 Å². The smallest absolute Gasteiger partial charge is 0.00844 e. The van der Waals surface area contributed by atoms with Gasteiger partial charge in [0.15, 0.2) is 0 Å². The van der Waals surface area contributed by atoms with Gasteiger partial charge >= 0.3 is 0 Å². The summed E-state index contributed by atoms with van der Waals surface area (Å²) in [5.41, 5.74) is 2.00. The van der Waals surface area contributed by atoms with Crippen LogP contribution in [-0.4, -0.2) is 44.8 Å². The van der Waals surface area contributed by atoms with Crippen LogP contribution in [0.15, 0.2) is 0 Å². The zero-order valence-electron chi connectivity index (χ0n) is 35.4. The molecule has 2 saturated carbocycles. The van der Waals surface area contributed by atoms with Crippen molar-refractivity contribution >= 4 is 0 Å². The van der Waals surface area contributed by atoms with Crippen LogP contribution in [0.3, 0.4) is 0 Å². The number of hydrogen-bond acceptors (Lipinski definition) is 4. The van der Waals surface area contributed by atoms with E-state index in [9.17, 15) is 0 Å². The normalized spacial score (nSPS) is 25.5. The Bertz CT molecular complexity index is 492. The molecule has 8 rings (SSSR count). The molecule has 0 spiro atoms. The van der Waals surface area contributed by atoms with Crippen LogP contribution in [0.4, 0.5) is 0 Å². The van der Waals surface area contributed by atoms with Crippen molar-refractivity contribution in [2.24, 2.45) is 33.5 Å². The summed E-state index contributed by atoms with van der Waals surface area (Å²) in [6, 6.07) is 1.86. The van der Waals surface area contributed by atoms with Crippen molar-refractivity contribution in [3.8, 4) is 0 Å². The molecule has 0 aromatic rings. The minimum atomic E-state index is 0. The summed E-state index contributed by atoms with van der Waals surface area (Å²) in [6.07, 6.45) is 17.8. The van der Waals surface area contributed by atoms with Crippen LogP contribution in [0.5, 0.6) is 0 Å². The largest absolute Gasteiger partial charge is 0.495 e. The minimum Gasteiger partial charge on any atom is -0.495 e. The van der Waals surface area contributed by atoms with E-state index in [4.69, 9.17) is 0 Å². The van der Waals surface area contributed by atoms with E-state index in [0.717, 1.165) is 30.5 Å². The van der Waals surface area contributed by atoms with E-state index in [0.29, 0.717) is 21.7 Å². The van der Waals surface area contributed by atoms with Gasteiger partial charge in [0.05, 0.1) is 0 Å². The van der Waals surface area contributed by atoms with Crippen molar-refractivity contribution in [1.82, 2.24) is 21.3 Å². The number of hydrogen-bond donors (Lipinski definition) is 4. The Hall–Kier alpha value is 0.944. The second-order valence-corrected chi connectivity index (χ2v) is 20.9. The average Bonchev–Trinajstić information content (AvgIpc) is 2.88. The van der Waals surface area contributed by atoms with Crippen LogP contribution >= 0.6 is 0 Å². The molecule has 1 radical (unpaired) electrons. The quantitative estimate of drug-likeness (QED) is 0.187. The first-order valence-electron chi connectivity index (χ1n) is 19.4. The predicted molar refractivity (Wildman–Crippen MR) is 211 cm³/mol. The van der Waals surface area contributed by atoms with Crippen LogP contribution in [0.25, 0.3) is 0 Å². The van der Waals surface area contributed by atoms with Crippen LogP contribution in [0.2, 0.25) is 0 Å². The molecule has 6 heterocycles. The first-order chi connectivity index (χ1) is 20.9. The van der Waals surface area contributed by atoms with Crippen molar-refractivity contribution in [3.63, 3.8) is 0 Å². The fraction of sp³-hybridized carbons (Fsp3) is 0.952. The van der Waals surface area contributed by atoms with Gasteiger partial charge in [0.1, 0.15) is 0 Å². The standard InChI is InChI=1S/2C6H11N.C5H11N.C5H9N.4C5H12.Y/c1-5-2-6(1)4-7-3-5;1-2-5-4-6(3-1)7-5;2*1-2-4-6-5-3-1;4*1-5(2,3)4;/h2*5-7H,1-4H2;6H,1-5H2;2,5-6H,1,3-4H2;4*1-4H3;/q;;;-2;;;;;. The Labute approximate surface area is 324 Å². The summed E-state index contributed by atoms with van der Waals surface area (Å²) in [5.74, 6) is 2.14. The molecule has 8 fully saturated rings. The summed E-state index contributed by atoms with van der Waals surface area (Å²) in [6.45, 7) is 43.3. The zero-order chi connectivity index (χ0) is 35.9. The number of piperidine rings is 5. The molecule has 0 aromatic heterocycles. The van der Waals surface area contributed by atoms with E-state index >= 15 is 0 Å². The second kappa shape index (κ2) is 28.5. The van der Waals surface area contributed by atoms with Gasteiger partial charge in [-0.05, 0) is 105 Å². The van der Waals surface area contributed by atoms with Crippen LogP contribution < -0.4 is 21.3 Å². The third-order valence-electron chi connectivity index (χ3n) is 6.47. The van der Waals surface area contributed by atoms with E-state index in [1.54, 1.807) is 0 Å². The van der Waals surface area contributed by atoms with Gasteiger partial charge in [0, 0.05) is 44.8 Å². The molecule has 4 N–H and O–H groups in total. The molecular weight excluding hydrogens is 649 g/mol. The van der Waals surface area contributed by atoms with Crippen LogP contribution in [-0.2, 0) is 32.7 Å². The molecule has 8 aliphatic rings. The molecule has 4 bridgehead atoms. The molecule has 283 valence electrons. The van der Waals surface area contributed by atoms with E-state index in [1.165, 1.54) is 96.8 Å². The van der Waals surface area contributed by atoms with Gasteiger partial charge in [0.25, 0.3) is 0 Å². The van der Waals surface area contributed by atoms with E-state index in [1.807, 2.05) is 0 Å². The Morgan fingerprint density at radius 2 is 0.872 bits per heavy atom. The third-order valence-corrected chi connectivity index (χ3v) is 6.47. The third kappa shape index (κ3) is 56.6.